The molecule has 3 heterocycles. The number of rotatable bonds is 3. The molecule has 2 aliphatic heterocycles. The van der Waals surface area contributed by atoms with Crippen LogP contribution in [0.25, 0.3) is 0 Å². The van der Waals surface area contributed by atoms with Crippen molar-refractivity contribution in [3.05, 3.63) is 62.6 Å². The van der Waals surface area contributed by atoms with Gasteiger partial charge in [-0.2, -0.15) is 0 Å². The zero-order chi connectivity index (χ0) is 23.8. The number of benzene rings is 1. The summed E-state index contributed by atoms with van der Waals surface area (Å²) in [5.41, 5.74) is -2.20. The third kappa shape index (κ3) is 3.12. The lowest BCUT2D eigenvalue weighted by molar-refractivity contribution is -0.0870. The molecular weight excluding hydrogens is 446 g/mol. The van der Waals surface area contributed by atoms with Gasteiger partial charge in [-0.25, -0.2) is 17.6 Å². The Morgan fingerprint density at radius 3 is 2.58 bits per heavy atom. The third-order valence-electron chi connectivity index (χ3n) is 6.82. The summed E-state index contributed by atoms with van der Waals surface area (Å²) in [7, 11) is 0. The maximum atomic E-state index is 14.2. The van der Waals surface area contributed by atoms with Gasteiger partial charge in [0.1, 0.15) is 17.2 Å². The van der Waals surface area contributed by atoms with Crippen LogP contribution < -0.4 is 10.7 Å². The minimum atomic E-state index is -3.03. The molecule has 1 aliphatic carbocycles. The molecule has 2 N–H and O–H groups in total. The lowest BCUT2D eigenvalue weighted by atomic mass is 9.94. The molecular formula is C22H19F4N3O4. The fourth-order valence-electron chi connectivity index (χ4n) is 5.29. The number of carbonyl (C=O) groups excluding carboxylic acids is 2. The van der Waals surface area contributed by atoms with Gasteiger partial charge >= 0.3 is 0 Å². The number of nitrogens with one attached hydrogen (secondary N) is 1. The SMILES string of the molecule is Cc1cc(F)c(CNC(=O)c2cn3c(c(O)c2=O)C(=O)N2[C@@H](C3)[C@H]3C[C@@H]2C(F)(F)C3)c(F)c1. The Morgan fingerprint density at radius 1 is 1.24 bits per heavy atom. The van der Waals surface area contributed by atoms with Crippen LogP contribution in [0.5, 0.6) is 5.75 Å². The van der Waals surface area contributed by atoms with Gasteiger partial charge in [-0.15, -0.1) is 0 Å². The minimum absolute atomic E-state index is 0.0354. The Labute approximate surface area is 184 Å². The second-order valence-electron chi connectivity index (χ2n) is 8.87. The summed E-state index contributed by atoms with van der Waals surface area (Å²) in [6, 6.07) is 0.370. The van der Waals surface area contributed by atoms with Crippen molar-refractivity contribution >= 4 is 11.8 Å². The number of aryl methyl sites for hydroxylation is 1. The molecule has 11 heteroatoms. The van der Waals surface area contributed by atoms with Crippen molar-refractivity contribution in [1.29, 1.82) is 0 Å². The van der Waals surface area contributed by atoms with Crippen molar-refractivity contribution in [3.63, 3.8) is 0 Å². The van der Waals surface area contributed by atoms with Crippen molar-refractivity contribution in [1.82, 2.24) is 14.8 Å². The number of piperidine rings is 1. The van der Waals surface area contributed by atoms with E-state index in [0.29, 0.717) is 5.56 Å². The Morgan fingerprint density at radius 2 is 1.91 bits per heavy atom. The number of nitrogens with zero attached hydrogens (tertiary/aromatic N) is 2. The molecule has 7 nitrogen and oxygen atoms in total. The van der Waals surface area contributed by atoms with E-state index in [1.165, 1.54) is 11.5 Å². The lowest BCUT2D eigenvalue weighted by Crippen LogP contribution is -2.57. The molecule has 174 valence electrons. The standard InChI is InChI=1S/C22H19F4N3O4/c1-9-2-13(23)11(14(24)3-9)6-27-20(32)12-7-28-8-15-10-4-16(22(25,26)5-10)29(15)21(33)17(28)19(31)18(12)30/h2-3,7,10,15-16,31H,4-6,8H2,1H3,(H,27,32)/t10-,15-,16+/m0/s1. The molecule has 5 rings (SSSR count). The van der Waals surface area contributed by atoms with E-state index >= 15 is 0 Å². The average molecular weight is 465 g/mol. The van der Waals surface area contributed by atoms with E-state index in [-0.39, 0.29) is 19.4 Å². The Hall–Kier alpha value is -3.37. The molecule has 0 spiro atoms. The molecule has 2 amide bonds. The van der Waals surface area contributed by atoms with E-state index in [1.54, 1.807) is 0 Å². The van der Waals surface area contributed by atoms with Crippen LogP contribution >= 0.6 is 0 Å². The van der Waals surface area contributed by atoms with Gasteiger partial charge in [0.05, 0.1) is 12.1 Å². The zero-order valence-electron chi connectivity index (χ0n) is 17.4. The number of hydrogen-bond donors (Lipinski definition) is 2. The number of fused-ring (bicyclic) bond motifs is 6. The van der Waals surface area contributed by atoms with Crippen molar-refractivity contribution in [2.75, 3.05) is 0 Å². The summed E-state index contributed by atoms with van der Waals surface area (Å²) in [6.45, 7) is 0.992. The number of hydrogen-bond acceptors (Lipinski definition) is 4. The van der Waals surface area contributed by atoms with Crippen LogP contribution in [0, 0.1) is 24.5 Å². The number of alkyl halides is 2. The summed E-state index contributed by atoms with van der Waals surface area (Å²) >= 11 is 0. The molecule has 33 heavy (non-hydrogen) atoms. The van der Waals surface area contributed by atoms with Gasteiger partial charge in [0.15, 0.2) is 11.4 Å². The van der Waals surface area contributed by atoms with E-state index in [4.69, 9.17) is 0 Å². The van der Waals surface area contributed by atoms with Crippen molar-refractivity contribution in [2.24, 2.45) is 5.92 Å². The van der Waals surface area contributed by atoms with Crippen molar-refractivity contribution in [2.45, 2.75) is 50.9 Å². The normalized spacial score (nSPS) is 24.6. The van der Waals surface area contributed by atoms with Crippen molar-refractivity contribution < 1.29 is 32.3 Å². The number of pyridine rings is 1. The Kier molecular flexibility index (Phi) is 4.60. The quantitative estimate of drug-likeness (QED) is 0.681. The highest BCUT2D eigenvalue weighted by Gasteiger charge is 2.63. The number of aromatic nitrogens is 1. The van der Waals surface area contributed by atoms with Crippen molar-refractivity contribution in [3.8, 4) is 5.75 Å². The Bertz CT molecular complexity index is 1250. The van der Waals surface area contributed by atoms with Gasteiger partial charge in [-0.1, -0.05) is 0 Å². The second kappa shape index (κ2) is 7.06. The predicted molar refractivity (Wildman–Crippen MR) is 106 cm³/mol. The molecule has 2 fully saturated rings. The summed E-state index contributed by atoms with van der Waals surface area (Å²) < 4.78 is 57.7. The molecule has 1 aromatic heterocycles. The molecule has 3 aliphatic rings. The summed E-state index contributed by atoms with van der Waals surface area (Å²) in [6.07, 6.45) is 0.854. The van der Waals surface area contributed by atoms with E-state index < -0.39 is 81.9 Å². The first-order valence-electron chi connectivity index (χ1n) is 10.4. The van der Waals surface area contributed by atoms with Gasteiger partial charge in [0.2, 0.25) is 5.43 Å². The van der Waals surface area contributed by atoms with Crippen LogP contribution in [-0.2, 0) is 13.1 Å². The fraction of sp³-hybridized carbons (Fsp3) is 0.409. The zero-order valence-corrected chi connectivity index (χ0v) is 17.4. The first-order chi connectivity index (χ1) is 15.5. The Balaban J connectivity index is 1.45. The largest absolute Gasteiger partial charge is 0.503 e. The van der Waals surface area contributed by atoms with Gasteiger partial charge in [-0.3, -0.25) is 14.4 Å². The fourth-order valence-corrected chi connectivity index (χ4v) is 5.29. The molecule has 1 aromatic carbocycles. The maximum absolute atomic E-state index is 14.2. The molecule has 0 unspecified atom stereocenters. The summed E-state index contributed by atoms with van der Waals surface area (Å²) in [5, 5.41) is 12.6. The highest BCUT2D eigenvalue weighted by Crippen LogP contribution is 2.53. The number of carbonyl (C=O) groups is 2. The molecule has 2 bridgehead atoms. The van der Waals surface area contributed by atoms with E-state index in [2.05, 4.69) is 5.32 Å². The molecule has 3 atom stereocenters. The topological polar surface area (TPSA) is 91.6 Å². The van der Waals surface area contributed by atoms with Gasteiger partial charge in [0, 0.05) is 31.3 Å². The number of halogens is 4. The average Bonchev–Trinajstić information content (AvgIpc) is 3.23. The number of aromatic hydroxyl groups is 1. The highest BCUT2D eigenvalue weighted by atomic mass is 19.3. The van der Waals surface area contributed by atoms with Crippen LogP contribution in [0.15, 0.2) is 23.1 Å². The molecule has 2 aromatic rings. The van der Waals surface area contributed by atoms with Crippen LogP contribution in [0.4, 0.5) is 17.6 Å². The smallest absolute Gasteiger partial charge is 0.275 e. The van der Waals surface area contributed by atoms with Crippen LogP contribution in [0.2, 0.25) is 0 Å². The maximum Gasteiger partial charge on any atom is 0.275 e. The van der Waals surface area contributed by atoms with Crippen LogP contribution in [0.3, 0.4) is 0 Å². The summed E-state index contributed by atoms with van der Waals surface area (Å²) in [4.78, 5) is 39.2. The van der Waals surface area contributed by atoms with E-state index in [9.17, 15) is 37.1 Å². The predicted octanol–water partition coefficient (Wildman–Crippen LogP) is 2.32. The second-order valence-corrected chi connectivity index (χ2v) is 8.87. The molecule has 0 radical (unpaired) electrons. The monoisotopic (exact) mass is 465 g/mol. The van der Waals surface area contributed by atoms with E-state index in [1.807, 2.05) is 0 Å². The lowest BCUT2D eigenvalue weighted by Gasteiger charge is -2.43. The van der Waals surface area contributed by atoms with Gasteiger partial charge < -0.3 is 19.9 Å². The third-order valence-corrected chi connectivity index (χ3v) is 6.82. The van der Waals surface area contributed by atoms with Gasteiger partial charge in [-0.05, 0) is 37.0 Å². The minimum Gasteiger partial charge on any atom is -0.503 e. The number of amides is 2. The van der Waals surface area contributed by atoms with Crippen LogP contribution in [-0.4, -0.2) is 44.4 Å². The molecule has 1 saturated heterocycles. The van der Waals surface area contributed by atoms with Gasteiger partial charge in [0.25, 0.3) is 17.7 Å². The first kappa shape index (κ1) is 21.5. The highest BCUT2D eigenvalue weighted by molar-refractivity contribution is 5.99. The molecule has 1 saturated carbocycles. The summed E-state index contributed by atoms with van der Waals surface area (Å²) in [5.74, 6) is -8.11. The van der Waals surface area contributed by atoms with E-state index in [0.717, 1.165) is 23.2 Å². The first-order valence-corrected chi connectivity index (χ1v) is 10.4. The van der Waals surface area contributed by atoms with Crippen LogP contribution in [0.1, 0.15) is 44.8 Å².